The first-order chi connectivity index (χ1) is 6.18. The second kappa shape index (κ2) is 3.15. The number of hydrogen-bond donors (Lipinski definition) is 0. The Morgan fingerprint density at radius 2 is 1.92 bits per heavy atom. The second-order valence-corrected chi connectivity index (χ2v) is 4.02. The van der Waals surface area contributed by atoms with Crippen molar-refractivity contribution in [2.24, 2.45) is 0 Å². The summed E-state index contributed by atoms with van der Waals surface area (Å²) in [5.41, 5.74) is 0.880. The molecule has 0 aliphatic carbocycles. The van der Waals surface area contributed by atoms with E-state index in [2.05, 4.69) is 47.4 Å². The molecule has 0 unspecified atom stereocenters. The Hall–Kier alpha value is -0.820. The molecule has 0 spiro atoms. The van der Waals surface area contributed by atoms with Crippen molar-refractivity contribution in [3.05, 3.63) is 26.3 Å². The van der Waals surface area contributed by atoms with E-state index in [0.29, 0.717) is 15.9 Å². The Morgan fingerprint density at radius 1 is 1.23 bits per heavy atom. The van der Waals surface area contributed by atoms with E-state index in [1.807, 2.05) is 0 Å². The summed E-state index contributed by atoms with van der Waals surface area (Å²) < 4.78 is 1.60. The van der Waals surface area contributed by atoms with E-state index in [1.165, 1.54) is 0 Å². The van der Waals surface area contributed by atoms with Gasteiger partial charge in [-0.1, -0.05) is 0 Å². The van der Waals surface area contributed by atoms with E-state index in [1.54, 1.807) is 12.1 Å². The minimum Gasteiger partial charge on any atom is -0.691 e. The number of aromatic nitrogens is 4. The molecule has 0 aliphatic heterocycles. The molecule has 66 valence electrons. The van der Waals surface area contributed by atoms with E-state index in [4.69, 9.17) is 0 Å². The molecule has 0 saturated heterocycles. The summed E-state index contributed by atoms with van der Waals surface area (Å²) in [4.78, 5) is 0.430. The van der Waals surface area contributed by atoms with Crippen LogP contribution in [-0.4, -0.2) is 15.5 Å². The lowest BCUT2D eigenvalue weighted by atomic mass is 10.3. The van der Waals surface area contributed by atoms with Gasteiger partial charge < -0.3 is 5.21 Å². The summed E-state index contributed by atoms with van der Waals surface area (Å²) in [6.07, 6.45) is 0. The zero-order valence-electron chi connectivity index (χ0n) is 6.11. The van der Waals surface area contributed by atoms with E-state index in [9.17, 15) is 5.21 Å². The maximum absolute atomic E-state index is 11.1. The van der Waals surface area contributed by atoms with E-state index < -0.39 is 0 Å². The molecule has 1 aromatic heterocycles. The van der Waals surface area contributed by atoms with Crippen molar-refractivity contribution < 1.29 is 4.85 Å². The van der Waals surface area contributed by atoms with Gasteiger partial charge in [-0.3, -0.25) is 0 Å². The van der Waals surface area contributed by atoms with Crippen LogP contribution in [0.1, 0.15) is 0 Å². The van der Waals surface area contributed by atoms with Crippen LogP contribution >= 0.6 is 31.9 Å². The van der Waals surface area contributed by atoms with Gasteiger partial charge in [-0.15, -0.1) is 4.85 Å². The Balaban J connectivity index is 2.89. The van der Waals surface area contributed by atoms with Crippen LogP contribution in [0.2, 0.25) is 0 Å². The monoisotopic (exact) mass is 304 g/mol. The molecule has 1 aromatic carbocycles. The van der Waals surface area contributed by atoms with Crippen LogP contribution in [-0.2, 0) is 0 Å². The third-order valence-corrected chi connectivity index (χ3v) is 3.34. The third kappa shape index (κ3) is 1.49. The Labute approximate surface area is 89.6 Å². The zero-order chi connectivity index (χ0) is 9.42. The molecule has 13 heavy (non-hydrogen) atoms. The van der Waals surface area contributed by atoms with Crippen LogP contribution in [0.4, 0.5) is 0 Å². The minimum absolute atomic E-state index is 0.380. The maximum atomic E-state index is 11.1. The Morgan fingerprint density at radius 3 is 2.69 bits per heavy atom. The number of rotatable bonds is 0. The standard InChI is InChI=1S/C6H2Br2N4O/c7-3-1-5-6(2-4(3)8)12(13)11-10-9-5/h1-2H. The van der Waals surface area contributed by atoms with Crippen molar-refractivity contribution in [2.75, 3.05) is 0 Å². The quantitative estimate of drug-likeness (QED) is 0.541. The summed E-state index contributed by atoms with van der Waals surface area (Å²) in [7, 11) is 0. The molecule has 0 atom stereocenters. The van der Waals surface area contributed by atoms with Crippen LogP contribution in [0.15, 0.2) is 21.1 Å². The first kappa shape index (κ1) is 8.76. The lowest BCUT2D eigenvalue weighted by Crippen LogP contribution is -2.33. The largest absolute Gasteiger partial charge is 0.691 e. The van der Waals surface area contributed by atoms with E-state index in [0.717, 1.165) is 8.95 Å². The van der Waals surface area contributed by atoms with Gasteiger partial charge in [-0.2, -0.15) is 0 Å². The topological polar surface area (TPSA) is 65.6 Å². The molecular formula is C6H2Br2N4O. The Bertz CT molecular complexity index is 475. The maximum Gasteiger partial charge on any atom is 0.204 e. The van der Waals surface area contributed by atoms with E-state index >= 15 is 0 Å². The van der Waals surface area contributed by atoms with Crippen molar-refractivity contribution in [1.82, 2.24) is 15.5 Å². The fraction of sp³-hybridized carbons (Fsp3) is 0. The number of halogens is 2. The predicted octanol–water partition coefficient (Wildman–Crippen LogP) is 1.18. The van der Waals surface area contributed by atoms with E-state index in [-0.39, 0.29) is 0 Å². The number of benzene rings is 1. The normalized spacial score (nSPS) is 10.6. The number of nitrogens with zero attached hydrogens (tertiary/aromatic N) is 4. The van der Waals surface area contributed by atoms with Crippen LogP contribution in [0.5, 0.6) is 0 Å². The van der Waals surface area contributed by atoms with Crippen molar-refractivity contribution >= 4 is 42.9 Å². The number of fused-ring (bicyclic) bond motifs is 1. The molecule has 0 aliphatic rings. The summed E-state index contributed by atoms with van der Waals surface area (Å²) in [6.45, 7) is 0. The highest BCUT2D eigenvalue weighted by atomic mass is 79.9. The third-order valence-electron chi connectivity index (χ3n) is 1.50. The van der Waals surface area contributed by atoms with Gasteiger partial charge in [-0.05, 0) is 43.0 Å². The molecule has 5 nitrogen and oxygen atoms in total. The van der Waals surface area contributed by atoms with Crippen LogP contribution < -0.4 is 4.85 Å². The molecule has 0 fully saturated rings. The van der Waals surface area contributed by atoms with Gasteiger partial charge in [0.1, 0.15) is 0 Å². The first-order valence-electron chi connectivity index (χ1n) is 3.26. The lowest BCUT2D eigenvalue weighted by molar-refractivity contribution is -0.649. The molecule has 2 aromatic rings. The molecule has 0 bridgehead atoms. The van der Waals surface area contributed by atoms with Gasteiger partial charge in [0.25, 0.3) is 0 Å². The summed E-state index contributed by atoms with van der Waals surface area (Å²) >= 11 is 6.57. The van der Waals surface area contributed by atoms with Gasteiger partial charge in [0, 0.05) is 15.0 Å². The highest BCUT2D eigenvalue weighted by Gasteiger charge is 2.08. The lowest BCUT2D eigenvalue weighted by Gasteiger charge is -2.00. The SMILES string of the molecule is [O-][n+]1nnnc2cc(Br)c(Br)cc21. The second-order valence-electron chi connectivity index (χ2n) is 2.31. The molecule has 7 heteroatoms. The van der Waals surface area contributed by atoms with Crippen molar-refractivity contribution in [1.29, 1.82) is 0 Å². The van der Waals surface area contributed by atoms with Crippen molar-refractivity contribution in [3.63, 3.8) is 0 Å². The summed E-state index contributed by atoms with van der Waals surface area (Å²) in [5, 5.41) is 21.4. The fourth-order valence-electron chi connectivity index (χ4n) is 0.912. The smallest absolute Gasteiger partial charge is 0.204 e. The first-order valence-corrected chi connectivity index (χ1v) is 4.85. The summed E-state index contributed by atoms with van der Waals surface area (Å²) in [5.74, 6) is 0. The van der Waals surface area contributed by atoms with Gasteiger partial charge in [0.2, 0.25) is 5.21 Å². The van der Waals surface area contributed by atoms with Gasteiger partial charge in [-0.25, -0.2) is 0 Å². The average Bonchev–Trinajstić information content (AvgIpc) is 2.09. The predicted molar refractivity (Wildman–Crippen MR) is 51.7 cm³/mol. The van der Waals surface area contributed by atoms with Gasteiger partial charge in [0.15, 0.2) is 16.2 Å². The molecule has 0 radical (unpaired) electrons. The van der Waals surface area contributed by atoms with Gasteiger partial charge in [0.05, 0.1) is 0 Å². The highest BCUT2D eigenvalue weighted by Crippen LogP contribution is 2.25. The van der Waals surface area contributed by atoms with Gasteiger partial charge >= 0.3 is 0 Å². The van der Waals surface area contributed by atoms with Crippen LogP contribution in [0.25, 0.3) is 11.0 Å². The zero-order valence-corrected chi connectivity index (χ0v) is 9.28. The molecule has 2 rings (SSSR count). The molecular weight excluding hydrogens is 304 g/mol. The fourth-order valence-corrected chi connectivity index (χ4v) is 1.57. The van der Waals surface area contributed by atoms with Crippen molar-refractivity contribution in [2.45, 2.75) is 0 Å². The molecule has 0 saturated carbocycles. The average molecular weight is 306 g/mol. The molecule has 0 N–H and O–H groups in total. The minimum atomic E-state index is 0.380. The molecule has 0 amide bonds. The van der Waals surface area contributed by atoms with Crippen molar-refractivity contribution in [3.8, 4) is 0 Å². The van der Waals surface area contributed by atoms with Crippen LogP contribution in [0, 0.1) is 5.21 Å². The highest BCUT2D eigenvalue weighted by molar-refractivity contribution is 9.13. The number of hydrogen-bond acceptors (Lipinski definition) is 4. The molecule has 1 heterocycles. The summed E-state index contributed by atoms with van der Waals surface area (Å²) in [6, 6.07) is 3.33. The van der Waals surface area contributed by atoms with Crippen LogP contribution in [0.3, 0.4) is 0 Å². The Kier molecular flexibility index (Phi) is 2.12.